The molecule has 1 heterocycles. The second kappa shape index (κ2) is 9.56. The number of aryl methyl sites for hydroxylation is 1. The van der Waals surface area contributed by atoms with Crippen LogP contribution in [0.1, 0.15) is 43.7 Å². The van der Waals surface area contributed by atoms with Crippen molar-refractivity contribution in [1.29, 1.82) is 0 Å². The molecule has 0 aromatic heterocycles. The first-order valence-electron chi connectivity index (χ1n) is 9.24. The van der Waals surface area contributed by atoms with Crippen LogP contribution in [0.25, 0.3) is 0 Å². The summed E-state index contributed by atoms with van der Waals surface area (Å²) in [6.07, 6.45) is 4.06. The number of nitrogens with zero attached hydrogens (tertiary/aromatic N) is 2. The van der Waals surface area contributed by atoms with Gasteiger partial charge in [-0.1, -0.05) is 31.2 Å². The monoisotopic (exact) mass is 346 g/mol. The lowest BCUT2D eigenvalue weighted by Crippen LogP contribution is -2.43. The van der Waals surface area contributed by atoms with Gasteiger partial charge in [0, 0.05) is 26.6 Å². The lowest BCUT2D eigenvalue weighted by Gasteiger charge is -2.33. The van der Waals surface area contributed by atoms with Crippen LogP contribution in [0.15, 0.2) is 24.3 Å². The van der Waals surface area contributed by atoms with Crippen LogP contribution in [0, 0.1) is 5.92 Å². The molecule has 1 N–H and O–H groups in total. The number of likely N-dealkylation sites (N-methyl/N-ethyl adjacent to an activating group) is 1. The third kappa shape index (κ3) is 6.50. The number of amides is 1. The average Bonchev–Trinajstić information content (AvgIpc) is 2.61. The van der Waals surface area contributed by atoms with E-state index in [4.69, 9.17) is 5.11 Å². The fraction of sp³-hybridized carbons (Fsp3) is 0.600. The molecule has 0 radical (unpaired) electrons. The van der Waals surface area contributed by atoms with Crippen molar-refractivity contribution in [3.63, 3.8) is 0 Å². The van der Waals surface area contributed by atoms with Crippen LogP contribution in [-0.2, 0) is 22.6 Å². The van der Waals surface area contributed by atoms with Crippen LogP contribution >= 0.6 is 0 Å². The number of piperidine rings is 1. The smallest absolute Gasteiger partial charge is 0.303 e. The molecule has 1 amide bonds. The number of benzene rings is 1. The molecule has 0 bridgehead atoms. The van der Waals surface area contributed by atoms with E-state index >= 15 is 0 Å². The van der Waals surface area contributed by atoms with E-state index in [1.807, 2.05) is 7.05 Å². The van der Waals surface area contributed by atoms with E-state index in [9.17, 15) is 9.59 Å². The molecule has 1 aliphatic rings. The van der Waals surface area contributed by atoms with Gasteiger partial charge >= 0.3 is 5.97 Å². The molecule has 1 aromatic carbocycles. The molecular weight excluding hydrogens is 316 g/mol. The summed E-state index contributed by atoms with van der Waals surface area (Å²) in [7, 11) is 1.85. The maximum absolute atomic E-state index is 12.5. The largest absolute Gasteiger partial charge is 0.481 e. The van der Waals surface area contributed by atoms with Crippen molar-refractivity contribution in [2.45, 2.75) is 45.6 Å². The first-order chi connectivity index (χ1) is 12.0. The molecule has 5 heteroatoms. The molecule has 5 nitrogen and oxygen atoms in total. The number of rotatable bonds is 8. The van der Waals surface area contributed by atoms with Gasteiger partial charge in [-0.3, -0.25) is 14.5 Å². The van der Waals surface area contributed by atoms with Gasteiger partial charge in [-0.2, -0.15) is 0 Å². The Balaban J connectivity index is 1.80. The molecule has 0 spiro atoms. The minimum atomic E-state index is -0.734. The molecule has 1 atom stereocenters. The van der Waals surface area contributed by atoms with Gasteiger partial charge in [0.25, 0.3) is 0 Å². The maximum Gasteiger partial charge on any atom is 0.303 e. The van der Waals surface area contributed by atoms with E-state index in [1.54, 1.807) is 4.90 Å². The van der Waals surface area contributed by atoms with Crippen molar-refractivity contribution in [3.8, 4) is 0 Å². The molecule has 25 heavy (non-hydrogen) atoms. The molecule has 2 rings (SSSR count). The topological polar surface area (TPSA) is 60.9 Å². The van der Waals surface area contributed by atoms with E-state index in [1.165, 1.54) is 5.56 Å². The number of likely N-dealkylation sites (tertiary alicyclic amines) is 1. The Morgan fingerprint density at radius 2 is 1.92 bits per heavy atom. The van der Waals surface area contributed by atoms with Crippen molar-refractivity contribution in [2.24, 2.45) is 5.92 Å². The predicted molar refractivity (Wildman–Crippen MR) is 98.3 cm³/mol. The second-order valence-electron chi connectivity index (χ2n) is 7.10. The Labute approximate surface area is 150 Å². The zero-order valence-electron chi connectivity index (χ0n) is 15.4. The second-order valence-corrected chi connectivity index (χ2v) is 7.10. The van der Waals surface area contributed by atoms with Crippen LogP contribution in [0.3, 0.4) is 0 Å². The summed E-state index contributed by atoms with van der Waals surface area (Å²) < 4.78 is 0. The van der Waals surface area contributed by atoms with Gasteiger partial charge in [-0.15, -0.1) is 0 Å². The van der Waals surface area contributed by atoms with Gasteiger partial charge in [0.2, 0.25) is 5.91 Å². The van der Waals surface area contributed by atoms with Crippen LogP contribution < -0.4 is 0 Å². The maximum atomic E-state index is 12.5. The summed E-state index contributed by atoms with van der Waals surface area (Å²) in [6.45, 7) is 4.94. The third-order valence-electron chi connectivity index (χ3n) is 5.01. The normalized spacial score (nSPS) is 18.1. The highest BCUT2D eigenvalue weighted by molar-refractivity contribution is 5.78. The highest BCUT2D eigenvalue weighted by atomic mass is 16.4. The van der Waals surface area contributed by atoms with E-state index in [0.29, 0.717) is 25.4 Å². The summed E-state index contributed by atoms with van der Waals surface area (Å²) in [4.78, 5) is 27.2. The lowest BCUT2D eigenvalue weighted by atomic mass is 9.93. The van der Waals surface area contributed by atoms with Crippen LogP contribution in [0.5, 0.6) is 0 Å². The van der Waals surface area contributed by atoms with Crippen molar-refractivity contribution >= 4 is 11.9 Å². The number of aliphatic carboxylic acids is 1. The van der Waals surface area contributed by atoms with Gasteiger partial charge in [0.1, 0.15) is 0 Å². The molecule has 1 unspecified atom stereocenters. The fourth-order valence-electron chi connectivity index (χ4n) is 3.41. The molecule has 0 aliphatic carbocycles. The van der Waals surface area contributed by atoms with Gasteiger partial charge in [0.05, 0.1) is 6.54 Å². The summed E-state index contributed by atoms with van der Waals surface area (Å²) in [5.74, 6) is -0.218. The van der Waals surface area contributed by atoms with Crippen LogP contribution in [0.2, 0.25) is 0 Å². The number of hydrogen-bond donors (Lipinski definition) is 1. The van der Waals surface area contributed by atoms with E-state index in [0.717, 1.165) is 37.9 Å². The summed E-state index contributed by atoms with van der Waals surface area (Å²) in [5.41, 5.74) is 2.45. The Hall–Kier alpha value is -1.88. The highest BCUT2D eigenvalue weighted by Crippen LogP contribution is 2.21. The molecule has 1 aliphatic heterocycles. The van der Waals surface area contributed by atoms with Crippen molar-refractivity contribution in [2.75, 3.05) is 26.7 Å². The molecule has 0 saturated carbocycles. The lowest BCUT2D eigenvalue weighted by molar-refractivity contribution is -0.137. The summed E-state index contributed by atoms with van der Waals surface area (Å²) in [5, 5.41) is 8.83. The Bertz CT molecular complexity index is 571. The minimum absolute atomic E-state index is 0.124. The van der Waals surface area contributed by atoms with Gasteiger partial charge < -0.3 is 10.0 Å². The minimum Gasteiger partial charge on any atom is -0.481 e. The van der Waals surface area contributed by atoms with Crippen LogP contribution in [0.4, 0.5) is 0 Å². The first-order valence-corrected chi connectivity index (χ1v) is 9.24. The third-order valence-corrected chi connectivity index (χ3v) is 5.01. The highest BCUT2D eigenvalue weighted by Gasteiger charge is 2.23. The molecule has 1 aromatic rings. The SMILES string of the molecule is CCc1ccc(CN(C)C(=O)CN2CCCC(CCC(=O)O)C2)cc1. The number of carbonyl (C=O) groups is 2. The number of hydrogen-bond acceptors (Lipinski definition) is 3. The van der Waals surface area contributed by atoms with Crippen molar-refractivity contribution < 1.29 is 14.7 Å². The van der Waals surface area contributed by atoms with E-state index < -0.39 is 5.97 Å². The molecular formula is C20H30N2O3. The zero-order chi connectivity index (χ0) is 18.2. The van der Waals surface area contributed by atoms with E-state index in [-0.39, 0.29) is 12.3 Å². The predicted octanol–water partition coefficient (Wildman–Crippen LogP) is 2.78. The number of carboxylic acid groups (broad SMARTS) is 1. The quantitative estimate of drug-likeness (QED) is 0.786. The van der Waals surface area contributed by atoms with Crippen LogP contribution in [-0.4, -0.2) is 53.5 Å². The Morgan fingerprint density at radius 1 is 1.24 bits per heavy atom. The van der Waals surface area contributed by atoms with Gasteiger partial charge in [0.15, 0.2) is 0 Å². The Morgan fingerprint density at radius 3 is 2.56 bits per heavy atom. The fourth-order valence-corrected chi connectivity index (χ4v) is 3.41. The van der Waals surface area contributed by atoms with E-state index in [2.05, 4.69) is 36.1 Å². The first kappa shape index (κ1) is 19.4. The van der Waals surface area contributed by atoms with Crippen molar-refractivity contribution in [3.05, 3.63) is 35.4 Å². The van der Waals surface area contributed by atoms with Crippen molar-refractivity contribution in [1.82, 2.24) is 9.80 Å². The standard InChI is InChI=1S/C20H30N2O3/c1-3-16-6-8-18(9-7-16)13-21(2)19(23)15-22-12-4-5-17(14-22)10-11-20(24)25/h6-9,17H,3-5,10-15H2,1-2H3,(H,24,25). The average molecular weight is 346 g/mol. The Kier molecular flexibility index (Phi) is 7.44. The van der Waals surface area contributed by atoms with Gasteiger partial charge in [-0.25, -0.2) is 0 Å². The molecule has 138 valence electrons. The summed E-state index contributed by atoms with van der Waals surface area (Å²) in [6, 6.07) is 8.41. The molecule has 1 saturated heterocycles. The summed E-state index contributed by atoms with van der Waals surface area (Å²) >= 11 is 0. The zero-order valence-corrected chi connectivity index (χ0v) is 15.4. The molecule has 1 fully saturated rings. The van der Waals surface area contributed by atoms with Gasteiger partial charge in [-0.05, 0) is 49.3 Å². The number of carbonyl (C=O) groups excluding carboxylic acids is 1. The number of carboxylic acids is 1.